The van der Waals surface area contributed by atoms with E-state index in [4.69, 9.17) is 9.47 Å². The number of piperazine rings is 1. The van der Waals surface area contributed by atoms with Crippen molar-refractivity contribution in [3.63, 3.8) is 0 Å². The van der Waals surface area contributed by atoms with Gasteiger partial charge in [0.15, 0.2) is 11.5 Å². The summed E-state index contributed by atoms with van der Waals surface area (Å²) in [6.45, 7) is 12.6. The van der Waals surface area contributed by atoms with Crippen molar-refractivity contribution in [2.24, 2.45) is 0 Å². The van der Waals surface area contributed by atoms with Crippen molar-refractivity contribution in [2.45, 2.75) is 45.9 Å². The Morgan fingerprint density at radius 3 is 2.54 bits per heavy atom. The molecule has 2 unspecified atom stereocenters. The molecule has 0 aromatic heterocycles. The minimum atomic E-state index is -0.00752. The highest BCUT2D eigenvalue weighted by Crippen LogP contribution is 2.33. The Labute approximate surface area is 146 Å². The van der Waals surface area contributed by atoms with Gasteiger partial charge in [-0.15, -0.1) is 0 Å². The molecule has 24 heavy (non-hydrogen) atoms. The predicted molar refractivity (Wildman–Crippen MR) is 96.9 cm³/mol. The maximum atomic E-state index is 10.0. The number of hydrogen-bond acceptors (Lipinski definition) is 5. The third kappa shape index (κ3) is 4.41. The molecule has 0 saturated carbocycles. The average Bonchev–Trinajstić information content (AvgIpc) is 2.55. The lowest BCUT2D eigenvalue weighted by Gasteiger charge is -2.42. The molecule has 1 aromatic rings. The Kier molecular flexibility index (Phi) is 6.90. The molecule has 0 aliphatic carbocycles. The van der Waals surface area contributed by atoms with Gasteiger partial charge in [0, 0.05) is 25.7 Å². The van der Waals surface area contributed by atoms with Crippen LogP contribution in [0, 0.1) is 0 Å². The van der Waals surface area contributed by atoms with Crippen LogP contribution in [0.2, 0.25) is 0 Å². The number of aliphatic hydroxyl groups excluding tert-OH is 1. The van der Waals surface area contributed by atoms with Crippen LogP contribution in [0.3, 0.4) is 0 Å². The molecule has 1 heterocycles. The number of methoxy groups -OCH3 is 1. The van der Waals surface area contributed by atoms with E-state index in [1.165, 1.54) is 0 Å². The molecule has 1 saturated heterocycles. The predicted octanol–water partition coefficient (Wildman–Crippen LogP) is 2.54. The second-order valence-corrected chi connectivity index (χ2v) is 6.75. The summed E-state index contributed by atoms with van der Waals surface area (Å²) >= 11 is 0. The van der Waals surface area contributed by atoms with Gasteiger partial charge in [-0.1, -0.05) is 13.0 Å². The van der Waals surface area contributed by atoms with Crippen molar-refractivity contribution in [3.8, 4) is 11.5 Å². The Bertz CT molecular complexity index is 521. The quantitative estimate of drug-likeness (QED) is 0.829. The molecule has 136 valence electrons. The van der Waals surface area contributed by atoms with E-state index in [0.29, 0.717) is 6.04 Å². The van der Waals surface area contributed by atoms with Crippen LogP contribution in [0.4, 0.5) is 0 Å². The number of benzene rings is 1. The maximum absolute atomic E-state index is 10.0. The van der Waals surface area contributed by atoms with Gasteiger partial charge in [0.2, 0.25) is 0 Å². The Hall–Kier alpha value is -1.30. The van der Waals surface area contributed by atoms with Crippen LogP contribution in [0.1, 0.15) is 39.3 Å². The average molecular weight is 336 g/mol. The van der Waals surface area contributed by atoms with E-state index in [1.807, 2.05) is 32.0 Å². The number of likely N-dealkylation sites (N-methyl/N-ethyl adjacent to an activating group) is 1. The van der Waals surface area contributed by atoms with Gasteiger partial charge in [0.05, 0.1) is 25.9 Å². The lowest BCUT2D eigenvalue weighted by Crippen LogP contribution is -2.53. The third-order valence-corrected chi connectivity index (χ3v) is 4.75. The first-order valence-corrected chi connectivity index (χ1v) is 8.93. The van der Waals surface area contributed by atoms with Gasteiger partial charge in [-0.2, -0.15) is 0 Å². The summed E-state index contributed by atoms with van der Waals surface area (Å²) < 4.78 is 11.3. The van der Waals surface area contributed by atoms with Crippen molar-refractivity contribution in [3.05, 3.63) is 23.8 Å². The van der Waals surface area contributed by atoms with Gasteiger partial charge in [0.25, 0.3) is 0 Å². The van der Waals surface area contributed by atoms with Gasteiger partial charge >= 0.3 is 0 Å². The van der Waals surface area contributed by atoms with E-state index in [-0.39, 0.29) is 18.8 Å². The van der Waals surface area contributed by atoms with Gasteiger partial charge in [-0.3, -0.25) is 9.80 Å². The zero-order valence-electron chi connectivity index (χ0n) is 15.7. The molecule has 0 spiro atoms. The summed E-state index contributed by atoms with van der Waals surface area (Å²) in [6.07, 6.45) is 0.0786. The van der Waals surface area contributed by atoms with Crippen LogP contribution in [0.25, 0.3) is 0 Å². The summed E-state index contributed by atoms with van der Waals surface area (Å²) in [6, 6.07) is 6.47. The first-order chi connectivity index (χ1) is 11.5. The van der Waals surface area contributed by atoms with Crippen LogP contribution in [0.5, 0.6) is 11.5 Å². The highest BCUT2D eigenvalue weighted by molar-refractivity contribution is 5.44. The van der Waals surface area contributed by atoms with Crippen LogP contribution >= 0.6 is 0 Å². The molecule has 0 bridgehead atoms. The lowest BCUT2D eigenvalue weighted by atomic mass is 10.0. The van der Waals surface area contributed by atoms with E-state index < -0.39 is 0 Å². The van der Waals surface area contributed by atoms with Crippen molar-refractivity contribution in [2.75, 3.05) is 39.9 Å². The van der Waals surface area contributed by atoms with Crippen LogP contribution in [-0.2, 0) is 0 Å². The first kappa shape index (κ1) is 19.0. The van der Waals surface area contributed by atoms with Crippen LogP contribution < -0.4 is 9.47 Å². The minimum absolute atomic E-state index is 0.00752. The van der Waals surface area contributed by atoms with Gasteiger partial charge in [-0.05, 0) is 45.0 Å². The molecule has 1 N–H and O–H groups in total. The van der Waals surface area contributed by atoms with Crippen molar-refractivity contribution < 1.29 is 14.6 Å². The highest BCUT2D eigenvalue weighted by Gasteiger charge is 2.28. The summed E-state index contributed by atoms with van der Waals surface area (Å²) in [4.78, 5) is 4.85. The van der Waals surface area contributed by atoms with Crippen LogP contribution in [0.15, 0.2) is 18.2 Å². The Morgan fingerprint density at radius 2 is 2.00 bits per heavy atom. The largest absolute Gasteiger partial charge is 0.493 e. The molecular weight excluding hydrogens is 304 g/mol. The van der Waals surface area contributed by atoms with E-state index in [2.05, 4.69) is 23.6 Å². The molecular formula is C19H32N2O3. The summed E-state index contributed by atoms with van der Waals surface area (Å²) in [5.41, 5.74) is 1.08. The Morgan fingerprint density at radius 1 is 1.25 bits per heavy atom. The van der Waals surface area contributed by atoms with Crippen molar-refractivity contribution in [1.82, 2.24) is 9.80 Å². The van der Waals surface area contributed by atoms with E-state index in [1.54, 1.807) is 7.11 Å². The number of ether oxygens (including phenoxy) is 2. The number of aliphatic hydroxyl groups is 1. The number of rotatable bonds is 7. The second-order valence-electron chi connectivity index (χ2n) is 6.75. The molecule has 1 aromatic carbocycles. The molecule has 0 radical (unpaired) electrons. The van der Waals surface area contributed by atoms with Crippen molar-refractivity contribution in [1.29, 1.82) is 0 Å². The fourth-order valence-electron chi connectivity index (χ4n) is 3.45. The number of hydrogen-bond donors (Lipinski definition) is 1. The summed E-state index contributed by atoms with van der Waals surface area (Å²) in [5, 5.41) is 10.0. The molecule has 2 atom stereocenters. The summed E-state index contributed by atoms with van der Waals surface area (Å²) in [7, 11) is 1.65. The number of nitrogens with zero attached hydrogens (tertiary/aromatic N) is 2. The topological polar surface area (TPSA) is 45.2 Å². The van der Waals surface area contributed by atoms with E-state index >= 15 is 0 Å². The molecule has 0 amide bonds. The SMILES string of the molecule is CCN1CCN(C(CO)c2ccc(OC)c(OC(C)C)c2)CC1C. The minimum Gasteiger partial charge on any atom is -0.493 e. The van der Waals surface area contributed by atoms with E-state index in [9.17, 15) is 5.11 Å². The monoisotopic (exact) mass is 336 g/mol. The van der Waals surface area contributed by atoms with Crippen molar-refractivity contribution >= 4 is 0 Å². The molecule has 1 aliphatic heterocycles. The van der Waals surface area contributed by atoms with Gasteiger partial charge < -0.3 is 14.6 Å². The van der Waals surface area contributed by atoms with Crippen LogP contribution in [-0.4, -0.2) is 66.9 Å². The smallest absolute Gasteiger partial charge is 0.161 e. The van der Waals surface area contributed by atoms with Gasteiger partial charge in [-0.25, -0.2) is 0 Å². The molecule has 1 aliphatic rings. The lowest BCUT2D eigenvalue weighted by molar-refractivity contribution is 0.0366. The maximum Gasteiger partial charge on any atom is 0.161 e. The molecule has 5 heteroatoms. The zero-order chi connectivity index (χ0) is 17.7. The third-order valence-electron chi connectivity index (χ3n) is 4.75. The normalized spacial score (nSPS) is 21.0. The molecule has 1 fully saturated rings. The summed E-state index contributed by atoms with van der Waals surface area (Å²) in [5.74, 6) is 1.47. The zero-order valence-corrected chi connectivity index (χ0v) is 15.7. The highest BCUT2D eigenvalue weighted by atomic mass is 16.5. The molecule has 2 rings (SSSR count). The fraction of sp³-hybridized carbons (Fsp3) is 0.684. The second kappa shape index (κ2) is 8.70. The van der Waals surface area contributed by atoms with E-state index in [0.717, 1.165) is 43.2 Å². The fourth-order valence-corrected chi connectivity index (χ4v) is 3.45. The van der Waals surface area contributed by atoms with Gasteiger partial charge in [0.1, 0.15) is 0 Å². The Balaban J connectivity index is 2.21. The standard InChI is InChI=1S/C19H32N2O3/c1-6-20-9-10-21(12-15(20)4)17(13-22)16-7-8-18(23-5)19(11-16)24-14(2)3/h7-8,11,14-15,17,22H,6,9-10,12-13H2,1-5H3. The first-order valence-electron chi connectivity index (χ1n) is 8.93. The molecule has 5 nitrogen and oxygen atoms in total.